The van der Waals surface area contributed by atoms with E-state index >= 15 is 0 Å². The molecule has 31 heavy (non-hydrogen) atoms. The van der Waals surface area contributed by atoms with Crippen molar-refractivity contribution in [2.75, 3.05) is 33.3 Å². The van der Waals surface area contributed by atoms with Crippen molar-refractivity contribution < 1.29 is 4.74 Å². The fourth-order valence-corrected chi connectivity index (χ4v) is 4.50. The lowest BCUT2D eigenvalue weighted by Gasteiger charge is -2.33. The molecular weight excluding hydrogens is 499 g/mol. The number of likely N-dealkylation sites (tertiary alicyclic amines) is 1. The Hall–Kier alpha value is -1.80. The van der Waals surface area contributed by atoms with Crippen LogP contribution in [0.2, 0.25) is 0 Å². The van der Waals surface area contributed by atoms with Gasteiger partial charge in [0.05, 0.1) is 6.61 Å². The van der Waals surface area contributed by atoms with Crippen molar-refractivity contribution in [2.24, 2.45) is 4.99 Å². The van der Waals surface area contributed by atoms with E-state index in [-0.39, 0.29) is 24.0 Å². The van der Waals surface area contributed by atoms with Crippen LogP contribution in [0.5, 0.6) is 5.75 Å². The van der Waals surface area contributed by atoms with Gasteiger partial charge in [-0.1, -0.05) is 42.5 Å². The van der Waals surface area contributed by atoms with Crippen LogP contribution in [0, 0.1) is 6.92 Å². The largest absolute Gasteiger partial charge is 0.493 e. The summed E-state index contributed by atoms with van der Waals surface area (Å²) in [5, 5.41) is 7.20. The number of halogens is 1. The highest BCUT2D eigenvalue weighted by atomic mass is 127. The summed E-state index contributed by atoms with van der Waals surface area (Å²) in [7, 11) is 1.86. The standard InChI is InChI=1S/C25H34N4O.HI/c1-19-7-3-4-8-21(19)18-29-14-11-22(12-15-29)28-25(26-2)27-17-20-13-16-30-24-10-6-5-9-23(20)24;/h3-10,20,22H,11-18H2,1-2H3,(H2,26,27,28);1H. The van der Waals surface area contributed by atoms with Gasteiger partial charge in [-0.2, -0.15) is 0 Å². The molecule has 2 aromatic rings. The summed E-state index contributed by atoms with van der Waals surface area (Å²) in [5.74, 6) is 2.40. The maximum absolute atomic E-state index is 5.79. The number of benzene rings is 2. The van der Waals surface area contributed by atoms with Crippen LogP contribution in [0.4, 0.5) is 0 Å². The van der Waals surface area contributed by atoms with Crippen LogP contribution in [0.15, 0.2) is 53.5 Å². The number of guanidine groups is 1. The maximum Gasteiger partial charge on any atom is 0.191 e. The fourth-order valence-electron chi connectivity index (χ4n) is 4.50. The number of aryl methyl sites for hydroxylation is 1. The van der Waals surface area contributed by atoms with Gasteiger partial charge in [-0.05, 0) is 48.9 Å². The molecule has 0 aromatic heterocycles. The van der Waals surface area contributed by atoms with Gasteiger partial charge >= 0.3 is 0 Å². The van der Waals surface area contributed by atoms with E-state index < -0.39 is 0 Å². The number of hydrogen-bond acceptors (Lipinski definition) is 3. The number of hydrogen-bond donors (Lipinski definition) is 2. The molecule has 1 fully saturated rings. The molecule has 0 amide bonds. The average molecular weight is 534 g/mol. The lowest BCUT2D eigenvalue weighted by molar-refractivity contribution is 0.198. The van der Waals surface area contributed by atoms with Gasteiger partial charge in [-0.25, -0.2) is 0 Å². The first kappa shape index (κ1) is 23.9. The van der Waals surface area contributed by atoms with E-state index in [0.29, 0.717) is 12.0 Å². The first-order valence-corrected chi connectivity index (χ1v) is 11.2. The number of fused-ring (bicyclic) bond motifs is 1. The van der Waals surface area contributed by atoms with Crippen LogP contribution >= 0.6 is 24.0 Å². The summed E-state index contributed by atoms with van der Waals surface area (Å²) in [4.78, 5) is 7.04. The van der Waals surface area contributed by atoms with Crippen LogP contribution < -0.4 is 15.4 Å². The number of nitrogens with one attached hydrogen (secondary N) is 2. The Morgan fingerprint density at radius 2 is 1.81 bits per heavy atom. The first-order chi connectivity index (χ1) is 14.7. The molecule has 0 saturated carbocycles. The van der Waals surface area contributed by atoms with Crippen molar-refractivity contribution in [3.8, 4) is 5.75 Å². The van der Waals surface area contributed by atoms with Gasteiger partial charge in [-0.15, -0.1) is 24.0 Å². The molecule has 0 spiro atoms. The Kier molecular flexibility index (Phi) is 9.02. The van der Waals surface area contributed by atoms with Gasteiger partial charge in [0.1, 0.15) is 5.75 Å². The molecular formula is C25H35IN4O. The van der Waals surface area contributed by atoms with Crippen molar-refractivity contribution in [2.45, 2.75) is 44.7 Å². The number of ether oxygens (including phenoxy) is 1. The smallest absolute Gasteiger partial charge is 0.191 e. The Bertz CT molecular complexity index is 864. The van der Waals surface area contributed by atoms with Crippen molar-refractivity contribution in [3.63, 3.8) is 0 Å². The molecule has 168 valence electrons. The molecule has 2 aliphatic heterocycles. The predicted octanol–water partition coefficient (Wildman–Crippen LogP) is 4.31. The van der Waals surface area contributed by atoms with Crippen molar-refractivity contribution in [1.29, 1.82) is 0 Å². The van der Waals surface area contributed by atoms with Gasteiger partial charge in [0.2, 0.25) is 0 Å². The zero-order chi connectivity index (χ0) is 20.8. The zero-order valence-electron chi connectivity index (χ0n) is 18.6. The van der Waals surface area contributed by atoms with E-state index in [0.717, 1.165) is 63.8 Å². The number of aliphatic imine (C=N–C) groups is 1. The number of rotatable bonds is 5. The third kappa shape index (κ3) is 6.35. The second-order valence-electron chi connectivity index (χ2n) is 8.45. The third-order valence-corrected chi connectivity index (χ3v) is 6.41. The molecule has 0 aliphatic carbocycles. The zero-order valence-corrected chi connectivity index (χ0v) is 21.0. The molecule has 6 heteroatoms. The lowest BCUT2D eigenvalue weighted by Crippen LogP contribution is -2.49. The summed E-state index contributed by atoms with van der Waals surface area (Å²) in [6, 6.07) is 17.6. The van der Waals surface area contributed by atoms with Crippen LogP contribution in [0.1, 0.15) is 41.9 Å². The third-order valence-electron chi connectivity index (χ3n) is 6.41. The van der Waals surface area contributed by atoms with E-state index in [1.54, 1.807) is 0 Å². The monoisotopic (exact) mass is 534 g/mol. The predicted molar refractivity (Wildman–Crippen MR) is 139 cm³/mol. The van der Waals surface area contributed by atoms with Crippen molar-refractivity contribution in [1.82, 2.24) is 15.5 Å². The van der Waals surface area contributed by atoms with Crippen LogP contribution in [0.3, 0.4) is 0 Å². The molecule has 5 nitrogen and oxygen atoms in total. The van der Waals surface area contributed by atoms with Crippen molar-refractivity contribution in [3.05, 3.63) is 65.2 Å². The average Bonchev–Trinajstić information content (AvgIpc) is 2.79. The van der Waals surface area contributed by atoms with Crippen LogP contribution in [0.25, 0.3) is 0 Å². The molecule has 2 aromatic carbocycles. The molecule has 1 atom stereocenters. The summed E-state index contributed by atoms with van der Waals surface area (Å²) in [6.45, 7) is 7.17. The highest BCUT2D eigenvalue weighted by Crippen LogP contribution is 2.32. The van der Waals surface area contributed by atoms with Gasteiger partial charge in [0, 0.05) is 45.2 Å². The molecule has 4 rings (SSSR count). The van der Waals surface area contributed by atoms with Gasteiger partial charge in [0.15, 0.2) is 5.96 Å². The SMILES string of the molecule is CN=C(NCC1CCOc2ccccc21)NC1CCN(Cc2ccccc2C)CC1.I. The molecule has 1 saturated heterocycles. The molecule has 1 unspecified atom stereocenters. The fraction of sp³-hybridized carbons (Fsp3) is 0.480. The minimum Gasteiger partial charge on any atom is -0.493 e. The topological polar surface area (TPSA) is 48.9 Å². The highest BCUT2D eigenvalue weighted by Gasteiger charge is 2.23. The Morgan fingerprint density at radius 1 is 1.06 bits per heavy atom. The molecule has 2 N–H and O–H groups in total. The number of nitrogens with zero attached hydrogens (tertiary/aromatic N) is 2. The maximum atomic E-state index is 5.79. The lowest BCUT2D eigenvalue weighted by atomic mass is 9.93. The molecule has 2 aliphatic rings. The quantitative estimate of drug-likeness (QED) is 0.341. The minimum atomic E-state index is 0. The summed E-state index contributed by atoms with van der Waals surface area (Å²) >= 11 is 0. The number of para-hydroxylation sites is 1. The van der Waals surface area contributed by atoms with E-state index in [4.69, 9.17) is 4.74 Å². The summed E-state index contributed by atoms with van der Waals surface area (Å²) < 4.78 is 5.79. The molecule has 2 heterocycles. The van der Waals surface area contributed by atoms with Gasteiger partial charge < -0.3 is 15.4 Å². The van der Waals surface area contributed by atoms with Gasteiger partial charge in [-0.3, -0.25) is 9.89 Å². The second-order valence-corrected chi connectivity index (χ2v) is 8.45. The number of piperidine rings is 1. The van der Waals surface area contributed by atoms with Gasteiger partial charge in [0.25, 0.3) is 0 Å². The Balaban J connectivity index is 0.00000272. The Labute approximate surface area is 203 Å². The normalized spacial score (nSPS) is 19.7. The van der Waals surface area contributed by atoms with E-state index in [2.05, 4.69) is 69.9 Å². The van der Waals surface area contributed by atoms with E-state index in [1.165, 1.54) is 16.7 Å². The van der Waals surface area contributed by atoms with Crippen LogP contribution in [-0.4, -0.2) is 50.2 Å². The highest BCUT2D eigenvalue weighted by molar-refractivity contribution is 14.0. The summed E-state index contributed by atoms with van der Waals surface area (Å²) in [5.41, 5.74) is 4.13. The first-order valence-electron chi connectivity index (χ1n) is 11.2. The van der Waals surface area contributed by atoms with Crippen molar-refractivity contribution >= 4 is 29.9 Å². The molecule has 0 radical (unpaired) electrons. The minimum absolute atomic E-state index is 0. The van der Waals surface area contributed by atoms with Crippen LogP contribution in [-0.2, 0) is 6.54 Å². The molecule has 0 bridgehead atoms. The summed E-state index contributed by atoms with van der Waals surface area (Å²) in [6.07, 6.45) is 3.33. The van der Waals surface area contributed by atoms with E-state index in [1.807, 2.05) is 13.1 Å². The van der Waals surface area contributed by atoms with E-state index in [9.17, 15) is 0 Å². The second kappa shape index (κ2) is 11.7. The Morgan fingerprint density at radius 3 is 2.58 bits per heavy atom.